The fourth-order valence-electron chi connectivity index (χ4n) is 6.50. The molecule has 0 aromatic carbocycles. The highest BCUT2D eigenvalue weighted by Gasteiger charge is 2.48. The van der Waals surface area contributed by atoms with E-state index in [4.69, 9.17) is 14.8 Å². The van der Waals surface area contributed by atoms with Crippen molar-refractivity contribution in [3.05, 3.63) is 17.7 Å². The number of rotatable bonds is 5. The van der Waals surface area contributed by atoms with Crippen molar-refractivity contribution in [2.75, 3.05) is 24.2 Å². The molecular formula is C22H29N3O4S. The van der Waals surface area contributed by atoms with Gasteiger partial charge in [-0.3, -0.25) is 4.79 Å². The molecule has 5 aliphatic rings. The zero-order valence-electron chi connectivity index (χ0n) is 17.3. The first-order valence-corrected chi connectivity index (χ1v) is 12.2. The van der Waals surface area contributed by atoms with E-state index in [0.29, 0.717) is 43.0 Å². The zero-order valence-corrected chi connectivity index (χ0v) is 18.1. The first-order chi connectivity index (χ1) is 14.5. The summed E-state index contributed by atoms with van der Waals surface area (Å²) in [7, 11) is 0. The number of ether oxygens (including phenoxy) is 1. The Balaban J connectivity index is 1.28. The van der Waals surface area contributed by atoms with Crippen LogP contribution in [0.25, 0.3) is 0 Å². The fourth-order valence-corrected chi connectivity index (χ4v) is 7.07. The number of thioether (sulfide) groups is 1. The molecule has 1 atom stereocenters. The van der Waals surface area contributed by atoms with Crippen LogP contribution in [0.5, 0.6) is 0 Å². The second-order valence-corrected chi connectivity index (χ2v) is 10.2. The van der Waals surface area contributed by atoms with Gasteiger partial charge < -0.3 is 20.1 Å². The molecule has 6 rings (SSSR count). The molecule has 162 valence electrons. The molecule has 0 unspecified atom stereocenters. The molecular weight excluding hydrogens is 402 g/mol. The maximum atomic E-state index is 13.2. The third-order valence-corrected chi connectivity index (χ3v) is 8.24. The number of hydrogen-bond donors (Lipinski definition) is 2. The highest BCUT2D eigenvalue weighted by atomic mass is 32.2. The molecule has 0 radical (unpaired) electrons. The number of nitrogens with one attached hydrogen (secondary N) is 1. The smallest absolute Gasteiger partial charge is 0.450 e. The molecule has 1 aliphatic heterocycles. The molecule has 2 N–H and O–H groups in total. The lowest BCUT2D eigenvalue weighted by atomic mass is 9.54. The zero-order chi connectivity index (χ0) is 20.8. The molecule has 2 heterocycles. The molecule has 1 aromatic rings. The number of carbonyl (C=O) groups excluding carboxylic acids is 1. The van der Waals surface area contributed by atoms with Gasteiger partial charge in [-0.15, -0.1) is 11.8 Å². The van der Waals surface area contributed by atoms with Crippen molar-refractivity contribution in [3.8, 4) is 0 Å². The van der Waals surface area contributed by atoms with Crippen LogP contribution in [0.1, 0.15) is 48.9 Å². The minimum Gasteiger partial charge on any atom is -0.450 e. The minimum atomic E-state index is -1.24. The molecule has 5 fully saturated rings. The van der Waals surface area contributed by atoms with E-state index in [0.717, 1.165) is 22.7 Å². The Bertz CT molecular complexity index is 820. The Morgan fingerprint density at radius 3 is 2.50 bits per heavy atom. The van der Waals surface area contributed by atoms with Crippen molar-refractivity contribution in [1.29, 1.82) is 0 Å². The van der Waals surface area contributed by atoms with E-state index in [1.165, 1.54) is 43.9 Å². The average Bonchev–Trinajstić information content (AvgIpc) is 3.17. The van der Waals surface area contributed by atoms with Gasteiger partial charge in [-0.1, -0.05) is 0 Å². The molecule has 1 saturated heterocycles. The van der Waals surface area contributed by atoms with E-state index in [2.05, 4.69) is 5.32 Å². The summed E-state index contributed by atoms with van der Waals surface area (Å²) in [4.78, 5) is 30.7. The molecule has 1 aromatic heterocycles. The van der Waals surface area contributed by atoms with Crippen LogP contribution in [0.2, 0.25) is 0 Å². The summed E-state index contributed by atoms with van der Waals surface area (Å²) < 4.78 is 4.89. The molecule has 0 spiro atoms. The molecule has 4 saturated carbocycles. The number of anilines is 1. The van der Waals surface area contributed by atoms with Crippen LogP contribution in [0, 0.1) is 23.7 Å². The van der Waals surface area contributed by atoms with Crippen molar-refractivity contribution >= 4 is 29.6 Å². The maximum Gasteiger partial charge on any atom is 0.506 e. The van der Waals surface area contributed by atoms with Gasteiger partial charge >= 0.3 is 6.16 Å². The summed E-state index contributed by atoms with van der Waals surface area (Å²) in [6, 6.07) is 4.05. The van der Waals surface area contributed by atoms with Crippen LogP contribution < -0.4 is 10.2 Å². The maximum absolute atomic E-state index is 13.2. The highest BCUT2D eigenvalue weighted by molar-refractivity contribution is 7.98. The van der Waals surface area contributed by atoms with Gasteiger partial charge in [0.1, 0.15) is 16.9 Å². The van der Waals surface area contributed by atoms with Crippen LogP contribution in [-0.2, 0) is 4.74 Å². The summed E-state index contributed by atoms with van der Waals surface area (Å²) in [5.41, 5.74) is 0.637. The molecule has 4 aliphatic carbocycles. The summed E-state index contributed by atoms with van der Waals surface area (Å²) in [5, 5.41) is 12.9. The summed E-state index contributed by atoms with van der Waals surface area (Å²) >= 11 is 1.47. The quantitative estimate of drug-likeness (QED) is 0.543. The number of aromatic nitrogens is 1. The Labute approximate surface area is 180 Å². The van der Waals surface area contributed by atoms with Gasteiger partial charge in [0.15, 0.2) is 0 Å². The lowest BCUT2D eigenvalue weighted by molar-refractivity contribution is -0.0120. The Kier molecular flexibility index (Phi) is 5.29. The van der Waals surface area contributed by atoms with Crippen molar-refractivity contribution < 1.29 is 19.4 Å². The SMILES string of the molecule is CSc1nc(N2CC[C@@H](OC(=O)O)C2)ccc1C(=O)NC1C2CC3CC(C2)CC1C3. The molecule has 7 nitrogen and oxygen atoms in total. The first-order valence-electron chi connectivity index (χ1n) is 11.0. The van der Waals surface area contributed by atoms with E-state index in [9.17, 15) is 9.59 Å². The Morgan fingerprint density at radius 1 is 1.17 bits per heavy atom. The normalized spacial score (nSPS) is 34.2. The van der Waals surface area contributed by atoms with Crippen molar-refractivity contribution in [2.24, 2.45) is 23.7 Å². The van der Waals surface area contributed by atoms with Gasteiger partial charge in [-0.05, 0) is 74.2 Å². The van der Waals surface area contributed by atoms with Crippen molar-refractivity contribution in [1.82, 2.24) is 10.3 Å². The van der Waals surface area contributed by atoms with Crippen LogP contribution in [0.15, 0.2) is 17.2 Å². The predicted molar refractivity (Wildman–Crippen MR) is 114 cm³/mol. The Morgan fingerprint density at radius 2 is 1.87 bits per heavy atom. The van der Waals surface area contributed by atoms with Gasteiger partial charge in [-0.2, -0.15) is 0 Å². The van der Waals surface area contributed by atoms with E-state index < -0.39 is 6.16 Å². The third kappa shape index (κ3) is 3.74. The Hall–Kier alpha value is -1.96. The lowest BCUT2D eigenvalue weighted by Gasteiger charge is -2.54. The van der Waals surface area contributed by atoms with Crippen molar-refractivity contribution in [3.63, 3.8) is 0 Å². The summed E-state index contributed by atoms with van der Waals surface area (Å²) in [6.07, 6.45) is 7.53. The number of pyridine rings is 1. The van der Waals surface area contributed by atoms with Crippen LogP contribution in [0.4, 0.5) is 10.6 Å². The fraction of sp³-hybridized carbons (Fsp3) is 0.682. The topological polar surface area (TPSA) is 91.8 Å². The summed E-state index contributed by atoms with van der Waals surface area (Å²) in [5.74, 6) is 3.82. The van der Waals surface area contributed by atoms with Gasteiger partial charge in [0, 0.05) is 19.0 Å². The molecule has 8 heteroatoms. The van der Waals surface area contributed by atoms with E-state index >= 15 is 0 Å². The largest absolute Gasteiger partial charge is 0.506 e. The average molecular weight is 432 g/mol. The molecule has 4 bridgehead atoms. The van der Waals surface area contributed by atoms with E-state index in [1.54, 1.807) is 0 Å². The minimum absolute atomic E-state index is 0.00983. The summed E-state index contributed by atoms with van der Waals surface area (Å²) in [6.45, 7) is 1.19. The number of carbonyl (C=O) groups is 2. The predicted octanol–water partition coefficient (Wildman–Crippen LogP) is 3.63. The van der Waals surface area contributed by atoms with Gasteiger partial charge in [0.05, 0.1) is 12.1 Å². The number of amides is 1. The van der Waals surface area contributed by atoms with Gasteiger partial charge in [0.2, 0.25) is 0 Å². The van der Waals surface area contributed by atoms with Gasteiger partial charge in [0.25, 0.3) is 5.91 Å². The first kappa shape index (κ1) is 20.0. The van der Waals surface area contributed by atoms with Crippen LogP contribution in [0.3, 0.4) is 0 Å². The second-order valence-electron chi connectivity index (χ2n) is 9.40. The highest BCUT2D eigenvalue weighted by Crippen LogP contribution is 2.53. The number of carboxylic acid groups (broad SMARTS) is 1. The lowest BCUT2D eigenvalue weighted by Crippen LogP contribution is -2.55. The molecule has 30 heavy (non-hydrogen) atoms. The number of nitrogens with zero attached hydrogens (tertiary/aromatic N) is 2. The van der Waals surface area contributed by atoms with E-state index in [-0.39, 0.29) is 12.0 Å². The van der Waals surface area contributed by atoms with E-state index in [1.807, 2.05) is 23.3 Å². The number of hydrogen-bond acceptors (Lipinski definition) is 6. The molecule has 1 amide bonds. The monoisotopic (exact) mass is 431 g/mol. The van der Waals surface area contributed by atoms with Crippen LogP contribution in [-0.4, -0.2) is 53.6 Å². The van der Waals surface area contributed by atoms with Crippen LogP contribution >= 0.6 is 11.8 Å². The third-order valence-electron chi connectivity index (χ3n) is 7.54. The second kappa shape index (κ2) is 7.94. The standard InChI is InChI=1S/C22H29N3O4S/c1-30-21-17(2-3-18(23-21)25-5-4-16(11-25)29-22(27)28)20(26)24-19-14-7-12-6-13(9-14)10-15(19)8-12/h2-3,12-16,19H,4-11H2,1H3,(H,24,26)(H,27,28)/t12?,13?,14?,15?,16-,19?/m1/s1. The van der Waals surface area contributed by atoms with Gasteiger partial charge in [-0.25, -0.2) is 9.78 Å². The van der Waals surface area contributed by atoms with Crippen molar-refractivity contribution in [2.45, 2.75) is 55.7 Å².